The molecule has 0 rings (SSSR count). The van der Waals surface area contributed by atoms with Gasteiger partial charge in [-0.15, -0.1) is 0 Å². The molecule has 0 aliphatic rings. The van der Waals surface area contributed by atoms with Crippen LogP contribution in [0.3, 0.4) is 0 Å². The molecule has 0 heterocycles. The minimum Gasteiger partial charge on any atom is -0.380 e. The normalized spacial score (nSPS) is 12.9. The second-order valence-corrected chi connectivity index (χ2v) is 3.77. The zero-order valence-electron chi connectivity index (χ0n) is 10.3. The number of nitrogens with two attached hydrogens (primary N) is 1. The van der Waals surface area contributed by atoms with Gasteiger partial charge in [0.25, 0.3) is 0 Å². The van der Waals surface area contributed by atoms with E-state index in [4.69, 9.17) is 10.5 Å². The lowest BCUT2D eigenvalue weighted by Crippen LogP contribution is -2.39. The van der Waals surface area contributed by atoms with Crippen LogP contribution in [-0.2, 0) is 9.53 Å². The summed E-state index contributed by atoms with van der Waals surface area (Å²) in [6.07, 6.45) is 2.19. The number of methoxy groups -OCH3 is 1. The molecule has 0 aromatic carbocycles. The van der Waals surface area contributed by atoms with E-state index < -0.39 is 0 Å². The molecular formula is C11H24N2O2. The van der Waals surface area contributed by atoms with Gasteiger partial charge in [0.05, 0.1) is 12.5 Å². The molecule has 0 bridgehead atoms. The third-order valence-corrected chi connectivity index (χ3v) is 2.88. The molecule has 0 saturated heterocycles. The number of nitrogens with zero attached hydrogens (tertiary/aromatic N) is 1. The Hall–Kier alpha value is -0.610. The van der Waals surface area contributed by atoms with Crippen molar-refractivity contribution in [3.8, 4) is 0 Å². The van der Waals surface area contributed by atoms with Gasteiger partial charge >= 0.3 is 0 Å². The van der Waals surface area contributed by atoms with Gasteiger partial charge in [0.1, 0.15) is 0 Å². The quantitative estimate of drug-likeness (QED) is 0.690. The molecule has 0 aromatic rings. The van der Waals surface area contributed by atoms with E-state index >= 15 is 0 Å². The summed E-state index contributed by atoms with van der Waals surface area (Å²) in [7, 11) is 3.44. The maximum Gasteiger partial charge on any atom is 0.225 e. The topological polar surface area (TPSA) is 55.6 Å². The highest BCUT2D eigenvalue weighted by molar-refractivity contribution is 5.76. The summed E-state index contributed by atoms with van der Waals surface area (Å²) in [5.74, 6) is 0.112. The van der Waals surface area contributed by atoms with Crippen LogP contribution in [0.4, 0.5) is 0 Å². The highest BCUT2D eigenvalue weighted by Crippen LogP contribution is 2.09. The standard InChI is InChI=1S/C11H24N2O2/c1-5-9(6-2)13(3)11(14)7-10(8-12)15-4/h9-10H,5-8,12H2,1-4H3. The van der Waals surface area contributed by atoms with E-state index in [0.717, 1.165) is 12.8 Å². The molecule has 1 atom stereocenters. The summed E-state index contributed by atoms with van der Waals surface area (Å²) < 4.78 is 5.09. The van der Waals surface area contributed by atoms with E-state index in [-0.39, 0.29) is 12.0 Å². The first-order valence-corrected chi connectivity index (χ1v) is 5.59. The van der Waals surface area contributed by atoms with E-state index in [1.807, 2.05) is 11.9 Å². The first-order valence-electron chi connectivity index (χ1n) is 5.59. The van der Waals surface area contributed by atoms with E-state index in [1.165, 1.54) is 0 Å². The van der Waals surface area contributed by atoms with Gasteiger partial charge in [-0.2, -0.15) is 0 Å². The first kappa shape index (κ1) is 14.4. The van der Waals surface area contributed by atoms with Crippen LogP contribution in [0, 0.1) is 0 Å². The molecule has 0 saturated carbocycles. The number of carbonyl (C=O) groups is 1. The molecule has 1 unspecified atom stereocenters. The van der Waals surface area contributed by atoms with Crippen LogP contribution in [0.25, 0.3) is 0 Å². The number of carbonyl (C=O) groups excluding carboxylic acids is 1. The Morgan fingerprint density at radius 1 is 1.40 bits per heavy atom. The molecular weight excluding hydrogens is 192 g/mol. The Bertz CT molecular complexity index is 177. The molecule has 4 heteroatoms. The largest absolute Gasteiger partial charge is 0.380 e. The fraction of sp³-hybridized carbons (Fsp3) is 0.909. The fourth-order valence-corrected chi connectivity index (χ4v) is 1.64. The van der Waals surface area contributed by atoms with Crippen molar-refractivity contribution in [2.24, 2.45) is 5.73 Å². The molecule has 0 aromatic heterocycles. The fourth-order valence-electron chi connectivity index (χ4n) is 1.64. The molecule has 15 heavy (non-hydrogen) atoms. The van der Waals surface area contributed by atoms with E-state index in [0.29, 0.717) is 19.0 Å². The Labute approximate surface area is 92.8 Å². The van der Waals surface area contributed by atoms with Crippen molar-refractivity contribution in [1.82, 2.24) is 4.90 Å². The van der Waals surface area contributed by atoms with Crippen molar-refractivity contribution in [2.45, 2.75) is 45.3 Å². The van der Waals surface area contributed by atoms with Gasteiger partial charge in [0.15, 0.2) is 0 Å². The van der Waals surface area contributed by atoms with E-state index in [2.05, 4.69) is 13.8 Å². The molecule has 1 amide bonds. The summed E-state index contributed by atoms with van der Waals surface area (Å²) in [6.45, 7) is 4.57. The minimum absolute atomic E-state index is 0.112. The van der Waals surface area contributed by atoms with Gasteiger partial charge in [-0.05, 0) is 12.8 Å². The molecule has 0 radical (unpaired) electrons. The monoisotopic (exact) mass is 216 g/mol. The maximum absolute atomic E-state index is 11.8. The zero-order valence-corrected chi connectivity index (χ0v) is 10.3. The Balaban J connectivity index is 4.18. The van der Waals surface area contributed by atoms with Crippen molar-refractivity contribution in [3.63, 3.8) is 0 Å². The lowest BCUT2D eigenvalue weighted by Gasteiger charge is -2.27. The Morgan fingerprint density at radius 3 is 2.27 bits per heavy atom. The van der Waals surface area contributed by atoms with Gasteiger partial charge in [-0.25, -0.2) is 0 Å². The third-order valence-electron chi connectivity index (χ3n) is 2.88. The SMILES string of the molecule is CCC(CC)N(C)C(=O)CC(CN)OC. The van der Waals surface area contributed by atoms with Crippen LogP contribution >= 0.6 is 0 Å². The molecule has 90 valence electrons. The van der Waals surface area contributed by atoms with Crippen LogP contribution in [0.2, 0.25) is 0 Å². The highest BCUT2D eigenvalue weighted by Gasteiger charge is 2.19. The van der Waals surface area contributed by atoms with Gasteiger partial charge in [0.2, 0.25) is 5.91 Å². The van der Waals surface area contributed by atoms with Crippen LogP contribution < -0.4 is 5.73 Å². The second kappa shape index (κ2) is 7.65. The number of rotatable bonds is 7. The summed E-state index contributed by atoms with van der Waals surface area (Å²) in [5, 5.41) is 0. The van der Waals surface area contributed by atoms with Gasteiger partial charge in [0, 0.05) is 26.7 Å². The number of hydrogen-bond acceptors (Lipinski definition) is 3. The maximum atomic E-state index is 11.8. The molecule has 0 spiro atoms. The van der Waals surface area contributed by atoms with Gasteiger partial charge in [-0.3, -0.25) is 4.79 Å². The van der Waals surface area contributed by atoms with Gasteiger partial charge < -0.3 is 15.4 Å². The molecule has 2 N–H and O–H groups in total. The van der Waals surface area contributed by atoms with E-state index in [9.17, 15) is 4.79 Å². The summed E-state index contributed by atoms with van der Waals surface area (Å²) >= 11 is 0. The Morgan fingerprint density at radius 2 is 1.93 bits per heavy atom. The highest BCUT2D eigenvalue weighted by atomic mass is 16.5. The third kappa shape index (κ3) is 4.62. The van der Waals surface area contributed by atoms with Crippen molar-refractivity contribution in [1.29, 1.82) is 0 Å². The number of hydrogen-bond donors (Lipinski definition) is 1. The average molecular weight is 216 g/mol. The first-order chi connectivity index (χ1) is 7.10. The van der Waals surface area contributed by atoms with Crippen LogP contribution in [0.15, 0.2) is 0 Å². The molecule has 0 fully saturated rings. The van der Waals surface area contributed by atoms with Crippen molar-refractivity contribution < 1.29 is 9.53 Å². The molecule has 0 aliphatic carbocycles. The predicted octanol–water partition coefficient (Wildman–Crippen LogP) is 0.997. The summed E-state index contributed by atoms with van der Waals surface area (Å²) in [5.41, 5.74) is 5.48. The lowest BCUT2D eigenvalue weighted by atomic mass is 10.1. The zero-order chi connectivity index (χ0) is 11.8. The number of ether oxygens (including phenoxy) is 1. The van der Waals surface area contributed by atoms with Crippen molar-refractivity contribution in [3.05, 3.63) is 0 Å². The smallest absolute Gasteiger partial charge is 0.225 e. The minimum atomic E-state index is -0.158. The molecule has 0 aliphatic heterocycles. The lowest BCUT2D eigenvalue weighted by molar-refractivity contribution is -0.134. The predicted molar refractivity (Wildman–Crippen MR) is 61.6 cm³/mol. The summed E-state index contributed by atoms with van der Waals surface area (Å²) in [6, 6.07) is 0.327. The Kier molecular flexibility index (Phi) is 7.34. The molecule has 4 nitrogen and oxygen atoms in total. The van der Waals surface area contributed by atoms with Crippen LogP contribution in [0.1, 0.15) is 33.1 Å². The second-order valence-electron chi connectivity index (χ2n) is 3.77. The van der Waals surface area contributed by atoms with Crippen molar-refractivity contribution in [2.75, 3.05) is 20.7 Å². The van der Waals surface area contributed by atoms with Crippen LogP contribution in [-0.4, -0.2) is 43.7 Å². The van der Waals surface area contributed by atoms with E-state index in [1.54, 1.807) is 7.11 Å². The average Bonchev–Trinajstić information content (AvgIpc) is 2.26. The van der Waals surface area contributed by atoms with Crippen molar-refractivity contribution >= 4 is 5.91 Å². The number of amides is 1. The van der Waals surface area contributed by atoms with Crippen LogP contribution in [0.5, 0.6) is 0 Å². The summed E-state index contributed by atoms with van der Waals surface area (Å²) in [4.78, 5) is 13.6. The van der Waals surface area contributed by atoms with Gasteiger partial charge in [-0.1, -0.05) is 13.8 Å².